The molecule has 0 radical (unpaired) electrons. The van der Waals surface area contributed by atoms with Gasteiger partial charge in [0.1, 0.15) is 18.2 Å². The molecular formula is C19H29N3O3. The molecule has 0 bridgehead atoms. The maximum atomic E-state index is 11.4. The lowest BCUT2D eigenvalue weighted by atomic mass is 9.81. The number of aliphatic imine (C=N–C) groups is 1. The van der Waals surface area contributed by atoms with Crippen molar-refractivity contribution in [1.29, 1.82) is 0 Å². The van der Waals surface area contributed by atoms with Crippen molar-refractivity contribution in [3.63, 3.8) is 0 Å². The molecule has 0 spiro atoms. The van der Waals surface area contributed by atoms with Crippen molar-refractivity contribution in [1.82, 2.24) is 5.32 Å². The molecule has 1 saturated heterocycles. The summed E-state index contributed by atoms with van der Waals surface area (Å²) in [5.74, 6) is -0.276. The molecule has 1 aromatic carbocycles. The zero-order valence-electron chi connectivity index (χ0n) is 15.3. The van der Waals surface area contributed by atoms with E-state index in [1.165, 1.54) is 6.42 Å². The summed E-state index contributed by atoms with van der Waals surface area (Å²) in [5.41, 5.74) is 6.53. The average molecular weight is 347 g/mol. The highest BCUT2D eigenvalue weighted by Crippen LogP contribution is 2.27. The fourth-order valence-corrected chi connectivity index (χ4v) is 2.81. The van der Waals surface area contributed by atoms with Gasteiger partial charge in [-0.1, -0.05) is 20.8 Å². The smallest absolute Gasteiger partial charge is 0.310 e. The molecule has 1 aliphatic heterocycles. The summed E-state index contributed by atoms with van der Waals surface area (Å²) in [6.07, 6.45) is 2.33. The van der Waals surface area contributed by atoms with Crippen molar-refractivity contribution in [3.8, 4) is 5.75 Å². The number of hydrogen-bond donors (Lipinski definition) is 3. The zero-order valence-corrected chi connectivity index (χ0v) is 15.3. The number of hydrogen-bond acceptors (Lipinski definition) is 4. The van der Waals surface area contributed by atoms with Crippen molar-refractivity contribution in [3.05, 3.63) is 29.8 Å². The van der Waals surface area contributed by atoms with Crippen LogP contribution < -0.4 is 15.8 Å². The van der Waals surface area contributed by atoms with Gasteiger partial charge in [-0.2, -0.15) is 0 Å². The molecule has 1 aromatic rings. The molecule has 25 heavy (non-hydrogen) atoms. The highest BCUT2D eigenvalue weighted by atomic mass is 16.5. The molecule has 6 nitrogen and oxygen atoms in total. The summed E-state index contributed by atoms with van der Waals surface area (Å²) in [6.45, 7) is 7.57. The van der Waals surface area contributed by atoms with E-state index in [1.54, 1.807) is 12.1 Å². The van der Waals surface area contributed by atoms with E-state index < -0.39 is 11.9 Å². The number of nitrogens with two attached hydrogens (primary N) is 1. The van der Waals surface area contributed by atoms with Gasteiger partial charge in [0.05, 0.1) is 12.5 Å². The lowest BCUT2D eigenvalue weighted by Gasteiger charge is -2.26. The number of carbonyl (C=O) groups is 1. The largest absolute Gasteiger partial charge is 0.493 e. The molecule has 2 rings (SSSR count). The van der Waals surface area contributed by atoms with Crippen LogP contribution in [0.1, 0.15) is 39.2 Å². The van der Waals surface area contributed by atoms with Crippen LogP contribution in [0, 0.1) is 11.3 Å². The Bertz CT molecular complexity index is 599. The van der Waals surface area contributed by atoms with E-state index in [0.717, 1.165) is 18.5 Å². The van der Waals surface area contributed by atoms with E-state index in [4.69, 9.17) is 10.5 Å². The number of carboxylic acid groups (broad SMARTS) is 1. The van der Waals surface area contributed by atoms with Gasteiger partial charge in [-0.3, -0.25) is 9.79 Å². The Balaban J connectivity index is 1.92. The normalized spacial score (nSPS) is 19.6. The minimum atomic E-state index is -0.846. The second kappa shape index (κ2) is 8.34. The van der Waals surface area contributed by atoms with E-state index in [1.807, 2.05) is 32.9 Å². The van der Waals surface area contributed by atoms with Crippen molar-refractivity contribution in [2.24, 2.45) is 22.1 Å². The molecule has 138 valence electrons. The quantitative estimate of drug-likeness (QED) is 0.519. The SMILES string of the molecule is CC(C)(C)[C@@H](COc1ccc(C(N)=NCC2CCCN2)cc1)C(=O)O. The van der Waals surface area contributed by atoms with Gasteiger partial charge in [0, 0.05) is 11.6 Å². The second-order valence-corrected chi connectivity index (χ2v) is 7.61. The lowest BCUT2D eigenvalue weighted by Crippen LogP contribution is -2.33. The molecular weight excluding hydrogens is 318 g/mol. The second-order valence-electron chi connectivity index (χ2n) is 7.61. The molecule has 0 amide bonds. The van der Waals surface area contributed by atoms with E-state index in [9.17, 15) is 9.90 Å². The number of carboxylic acids is 1. The first-order valence-corrected chi connectivity index (χ1v) is 8.76. The molecule has 1 fully saturated rings. The number of benzene rings is 1. The first kappa shape index (κ1) is 19.2. The number of aliphatic carboxylic acids is 1. The first-order chi connectivity index (χ1) is 11.8. The van der Waals surface area contributed by atoms with Crippen molar-refractivity contribution in [2.45, 2.75) is 39.7 Å². The molecule has 0 aromatic heterocycles. The van der Waals surface area contributed by atoms with Crippen LogP contribution >= 0.6 is 0 Å². The molecule has 1 unspecified atom stereocenters. The fourth-order valence-electron chi connectivity index (χ4n) is 2.81. The van der Waals surface area contributed by atoms with E-state index in [-0.39, 0.29) is 12.0 Å². The molecule has 2 atom stereocenters. The van der Waals surface area contributed by atoms with Crippen LogP contribution in [0.4, 0.5) is 0 Å². The molecule has 0 aliphatic carbocycles. The Morgan fingerprint density at radius 1 is 1.40 bits per heavy atom. The zero-order chi connectivity index (χ0) is 18.4. The van der Waals surface area contributed by atoms with Crippen LogP contribution in [0.15, 0.2) is 29.3 Å². The summed E-state index contributed by atoms with van der Waals surface area (Å²) in [5, 5.41) is 12.7. The fraction of sp³-hybridized carbons (Fsp3) is 0.579. The van der Waals surface area contributed by atoms with E-state index in [2.05, 4.69) is 10.3 Å². The topological polar surface area (TPSA) is 96.9 Å². The van der Waals surface area contributed by atoms with Crippen molar-refractivity contribution < 1.29 is 14.6 Å². The Kier molecular flexibility index (Phi) is 6.42. The number of nitrogens with one attached hydrogen (secondary N) is 1. The molecule has 0 saturated carbocycles. The number of amidine groups is 1. The van der Waals surface area contributed by atoms with Crippen LogP contribution in [0.25, 0.3) is 0 Å². The monoisotopic (exact) mass is 347 g/mol. The van der Waals surface area contributed by atoms with Crippen molar-refractivity contribution in [2.75, 3.05) is 19.7 Å². The predicted octanol–water partition coefficient (Wildman–Crippen LogP) is 2.27. The number of nitrogens with zero attached hydrogens (tertiary/aromatic N) is 1. The maximum Gasteiger partial charge on any atom is 0.310 e. The van der Waals surface area contributed by atoms with Gasteiger partial charge < -0.3 is 20.9 Å². The summed E-state index contributed by atoms with van der Waals surface area (Å²) in [4.78, 5) is 15.8. The summed E-state index contributed by atoms with van der Waals surface area (Å²) >= 11 is 0. The van der Waals surface area contributed by atoms with Gasteiger partial charge in [-0.15, -0.1) is 0 Å². The van der Waals surface area contributed by atoms with E-state index in [0.29, 0.717) is 24.2 Å². The van der Waals surface area contributed by atoms with Crippen LogP contribution in [0.2, 0.25) is 0 Å². The maximum absolute atomic E-state index is 11.4. The predicted molar refractivity (Wildman–Crippen MR) is 99.1 cm³/mol. The average Bonchev–Trinajstić information content (AvgIpc) is 3.05. The molecule has 6 heteroatoms. The summed E-state index contributed by atoms with van der Waals surface area (Å²) in [6, 6.07) is 7.72. The van der Waals surface area contributed by atoms with Gasteiger partial charge >= 0.3 is 5.97 Å². The Labute approximate surface area is 149 Å². The Hall–Kier alpha value is -2.08. The van der Waals surface area contributed by atoms with Crippen LogP contribution in [-0.4, -0.2) is 42.6 Å². The standard InChI is InChI=1S/C19H29N3O3/c1-19(2,3)16(18(23)24)12-25-15-8-6-13(7-9-15)17(20)22-11-14-5-4-10-21-14/h6-9,14,16,21H,4-5,10-12H2,1-3H3,(H2,20,22)(H,23,24)/t14?,16-/m0/s1. The van der Waals surface area contributed by atoms with Crippen LogP contribution in [-0.2, 0) is 4.79 Å². The van der Waals surface area contributed by atoms with E-state index >= 15 is 0 Å². The third kappa shape index (κ3) is 5.74. The number of rotatable bonds is 7. The minimum absolute atomic E-state index is 0.134. The summed E-state index contributed by atoms with van der Waals surface area (Å²) in [7, 11) is 0. The van der Waals surface area contributed by atoms with Crippen LogP contribution in [0.5, 0.6) is 5.75 Å². The van der Waals surface area contributed by atoms with Gasteiger partial charge in [0.25, 0.3) is 0 Å². The Morgan fingerprint density at radius 3 is 2.60 bits per heavy atom. The molecule has 1 aliphatic rings. The molecule has 1 heterocycles. The highest BCUT2D eigenvalue weighted by molar-refractivity contribution is 5.97. The van der Waals surface area contributed by atoms with Gasteiger partial charge in [0.2, 0.25) is 0 Å². The minimum Gasteiger partial charge on any atom is -0.493 e. The van der Waals surface area contributed by atoms with Gasteiger partial charge in [0.15, 0.2) is 0 Å². The van der Waals surface area contributed by atoms with Crippen molar-refractivity contribution >= 4 is 11.8 Å². The van der Waals surface area contributed by atoms with Gasteiger partial charge in [-0.05, 0) is 49.1 Å². The van der Waals surface area contributed by atoms with Gasteiger partial charge in [-0.25, -0.2) is 0 Å². The third-order valence-corrected chi connectivity index (χ3v) is 4.55. The summed E-state index contributed by atoms with van der Waals surface area (Å²) < 4.78 is 5.66. The molecule has 4 N–H and O–H groups in total. The Morgan fingerprint density at radius 2 is 2.08 bits per heavy atom. The first-order valence-electron chi connectivity index (χ1n) is 8.76. The number of ether oxygens (including phenoxy) is 1. The third-order valence-electron chi connectivity index (χ3n) is 4.55. The highest BCUT2D eigenvalue weighted by Gasteiger charge is 2.31. The lowest BCUT2D eigenvalue weighted by molar-refractivity contribution is -0.146. The van der Waals surface area contributed by atoms with Crippen LogP contribution in [0.3, 0.4) is 0 Å².